The van der Waals surface area contributed by atoms with Crippen molar-refractivity contribution in [3.05, 3.63) is 29.3 Å². The number of ketones is 1. The Hall–Kier alpha value is -0.970. The maximum absolute atomic E-state index is 12.8. The van der Waals surface area contributed by atoms with Gasteiger partial charge in [0.25, 0.3) is 6.43 Å². The SMILES string of the molecule is CCOc1ccc(C(F)F)c(C(=O)C(C)Br)c1. The summed E-state index contributed by atoms with van der Waals surface area (Å²) in [7, 11) is 0. The van der Waals surface area contributed by atoms with E-state index in [4.69, 9.17) is 4.74 Å². The molecule has 5 heteroatoms. The Kier molecular flexibility index (Phi) is 5.05. The average Bonchev–Trinajstić information content (AvgIpc) is 2.28. The highest BCUT2D eigenvalue weighted by Gasteiger charge is 2.21. The number of carbonyl (C=O) groups excluding carboxylic acids is 1. The summed E-state index contributed by atoms with van der Waals surface area (Å²) in [6.07, 6.45) is -2.67. The average molecular weight is 307 g/mol. The summed E-state index contributed by atoms with van der Waals surface area (Å²) in [6, 6.07) is 4.05. The molecule has 2 nitrogen and oxygen atoms in total. The molecule has 94 valence electrons. The molecule has 0 radical (unpaired) electrons. The van der Waals surface area contributed by atoms with E-state index >= 15 is 0 Å². The van der Waals surface area contributed by atoms with Crippen molar-refractivity contribution in [1.29, 1.82) is 0 Å². The van der Waals surface area contributed by atoms with E-state index in [1.807, 2.05) is 0 Å². The summed E-state index contributed by atoms with van der Waals surface area (Å²) in [5, 5.41) is 0. The summed E-state index contributed by atoms with van der Waals surface area (Å²) in [6.45, 7) is 3.81. The van der Waals surface area contributed by atoms with Gasteiger partial charge in [-0.1, -0.05) is 15.9 Å². The molecule has 1 aromatic carbocycles. The third-order valence-corrected chi connectivity index (χ3v) is 2.61. The van der Waals surface area contributed by atoms with Gasteiger partial charge in [-0.15, -0.1) is 0 Å². The molecule has 0 aromatic heterocycles. The highest BCUT2D eigenvalue weighted by Crippen LogP contribution is 2.28. The molecule has 0 aliphatic heterocycles. The van der Waals surface area contributed by atoms with E-state index in [9.17, 15) is 13.6 Å². The highest BCUT2D eigenvalue weighted by molar-refractivity contribution is 9.10. The Morgan fingerprint density at radius 2 is 2.12 bits per heavy atom. The number of hydrogen-bond donors (Lipinski definition) is 0. The predicted octanol–water partition coefficient (Wildman–Crippen LogP) is 3.99. The second kappa shape index (κ2) is 6.10. The van der Waals surface area contributed by atoms with Crippen LogP contribution in [0.4, 0.5) is 8.78 Å². The van der Waals surface area contributed by atoms with E-state index in [0.717, 1.165) is 0 Å². The molecule has 0 heterocycles. The van der Waals surface area contributed by atoms with Gasteiger partial charge < -0.3 is 4.74 Å². The van der Waals surface area contributed by atoms with E-state index in [-0.39, 0.29) is 16.9 Å². The minimum Gasteiger partial charge on any atom is -0.494 e. The van der Waals surface area contributed by atoms with E-state index < -0.39 is 11.3 Å². The molecule has 0 saturated heterocycles. The van der Waals surface area contributed by atoms with Crippen LogP contribution in [0.2, 0.25) is 0 Å². The largest absolute Gasteiger partial charge is 0.494 e. The lowest BCUT2D eigenvalue weighted by molar-refractivity contribution is 0.0981. The first-order chi connectivity index (χ1) is 7.97. The van der Waals surface area contributed by atoms with Crippen molar-refractivity contribution in [2.45, 2.75) is 25.1 Å². The molecule has 0 aliphatic carbocycles. The Balaban J connectivity index is 3.20. The maximum Gasteiger partial charge on any atom is 0.264 e. The highest BCUT2D eigenvalue weighted by atomic mass is 79.9. The molecule has 0 bridgehead atoms. The van der Waals surface area contributed by atoms with Gasteiger partial charge in [0, 0.05) is 11.1 Å². The zero-order valence-corrected chi connectivity index (χ0v) is 11.1. The van der Waals surface area contributed by atoms with Gasteiger partial charge in [0.05, 0.1) is 11.4 Å². The number of hydrogen-bond acceptors (Lipinski definition) is 2. The van der Waals surface area contributed by atoms with Crippen LogP contribution in [0.15, 0.2) is 18.2 Å². The van der Waals surface area contributed by atoms with Gasteiger partial charge in [-0.3, -0.25) is 4.79 Å². The summed E-state index contributed by atoms with van der Waals surface area (Å²) < 4.78 is 30.7. The molecule has 0 aliphatic rings. The van der Waals surface area contributed by atoms with Gasteiger partial charge in [-0.05, 0) is 32.0 Å². The van der Waals surface area contributed by atoms with Crippen molar-refractivity contribution >= 4 is 21.7 Å². The molecule has 0 fully saturated rings. The van der Waals surface area contributed by atoms with Crippen LogP contribution in [0, 0.1) is 0 Å². The minimum absolute atomic E-state index is 0.00956. The number of Topliss-reactive ketones (excluding diaryl/α,β-unsaturated/α-hetero) is 1. The topological polar surface area (TPSA) is 26.3 Å². The van der Waals surface area contributed by atoms with Crippen LogP contribution >= 0.6 is 15.9 Å². The van der Waals surface area contributed by atoms with E-state index in [1.165, 1.54) is 18.2 Å². The Morgan fingerprint density at radius 3 is 2.59 bits per heavy atom. The molecular weight excluding hydrogens is 294 g/mol. The number of rotatable bonds is 5. The standard InChI is InChI=1S/C12H13BrF2O2/c1-3-17-8-4-5-9(12(14)15)10(6-8)11(16)7(2)13/h4-7,12H,3H2,1-2H3. The van der Waals surface area contributed by atoms with E-state index in [2.05, 4.69) is 15.9 Å². The molecule has 1 rings (SSSR count). The van der Waals surface area contributed by atoms with Crippen molar-refractivity contribution in [2.75, 3.05) is 6.61 Å². The summed E-state index contributed by atoms with van der Waals surface area (Å²) in [5.74, 6) is 0.0512. The fourth-order valence-electron chi connectivity index (χ4n) is 1.41. The number of carbonyl (C=O) groups is 1. The maximum atomic E-state index is 12.8. The fraction of sp³-hybridized carbons (Fsp3) is 0.417. The smallest absolute Gasteiger partial charge is 0.264 e. The number of halogens is 3. The lowest BCUT2D eigenvalue weighted by Gasteiger charge is -2.11. The van der Waals surface area contributed by atoms with Crippen molar-refractivity contribution in [3.63, 3.8) is 0 Å². The second-order valence-corrected chi connectivity index (χ2v) is 4.84. The molecule has 17 heavy (non-hydrogen) atoms. The monoisotopic (exact) mass is 306 g/mol. The van der Waals surface area contributed by atoms with Gasteiger partial charge in [0.1, 0.15) is 5.75 Å². The van der Waals surface area contributed by atoms with Crippen LogP contribution in [-0.4, -0.2) is 17.2 Å². The van der Waals surface area contributed by atoms with Crippen LogP contribution in [0.25, 0.3) is 0 Å². The second-order valence-electron chi connectivity index (χ2n) is 3.46. The molecule has 1 unspecified atom stereocenters. The molecule has 0 saturated carbocycles. The minimum atomic E-state index is -2.67. The van der Waals surface area contributed by atoms with Gasteiger partial charge in [-0.25, -0.2) is 8.78 Å². The van der Waals surface area contributed by atoms with Gasteiger partial charge in [0.2, 0.25) is 0 Å². The number of benzene rings is 1. The first-order valence-corrected chi connectivity index (χ1v) is 6.12. The molecule has 0 amide bonds. The summed E-state index contributed by atoms with van der Waals surface area (Å²) in [5.41, 5.74) is -0.250. The van der Waals surface area contributed by atoms with Crippen LogP contribution in [0.1, 0.15) is 36.2 Å². The Morgan fingerprint density at radius 1 is 1.47 bits per heavy atom. The molecular formula is C12H13BrF2O2. The van der Waals surface area contributed by atoms with Crippen molar-refractivity contribution in [1.82, 2.24) is 0 Å². The molecule has 1 atom stereocenters. The first-order valence-electron chi connectivity index (χ1n) is 5.20. The normalized spacial score (nSPS) is 12.6. The number of alkyl halides is 3. The molecule has 0 N–H and O–H groups in total. The quantitative estimate of drug-likeness (QED) is 0.607. The summed E-state index contributed by atoms with van der Waals surface area (Å²) in [4.78, 5) is 11.3. The Bertz CT molecular complexity index is 405. The Labute approximate surface area is 107 Å². The van der Waals surface area contributed by atoms with Crippen LogP contribution in [-0.2, 0) is 0 Å². The first kappa shape index (κ1) is 14.1. The molecule has 1 aromatic rings. The van der Waals surface area contributed by atoms with Crippen LogP contribution < -0.4 is 4.74 Å². The van der Waals surface area contributed by atoms with Crippen LogP contribution in [0.5, 0.6) is 5.75 Å². The van der Waals surface area contributed by atoms with E-state index in [0.29, 0.717) is 12.4 Å². The predicted molar refractivity (Wildman–Crippen MR) is 65.3 cm³/mol. The third-order valence-electron chi connectivity index (χ3n) is 2.20. The number of ether oxygens (including phenoxy) is 1. The summed E-state index contributed by atoms with van der Waals surface area (Å²) >= 11 is 3.09. The van der Waals surface area contributed by atoms with Gasteiger partial charge in [0.15, 0.2) is 5.78 Å². The molecule has 0 spiro atoms. The van der Waals surface area contributed by atoms with Crippen molar-refractivity contribution in [2.24, 2.45) is 0 Å². The van der Waals surface area contributed by atoms with Crippen molar-refractivity contribution in [3.8, 4) is 5.75 Å². The lowest BCUT2D eigenvalue weighted by atomic mass is 10.0. The fourth-order valence-corrected chi connectivity index (χ4v) is 1.66. The lowest BCUT2D eigenvalue weighted by Crippen LogP contribution is -2.13. The zero-order chi connectivity index (χ0) is 13.0. The zero-order valence-electron chi connectivity index (χ0n) is 9.54. The van der Waals surface area contributed by atoms with Gasteiger partial charge in [-0.2, -0.15) is 0 Å². The van der Waals surface area contributed by atoms with Crippen molar-refractivity contribution < 1.29 is 18.3 Å². The van der Waals surface area contributed by atoms with Crippen LogP contribution in [0.3, 0.4) is 0 Å². The third kappa shape index (κ3) is 3.49. The van der Waals surface area contributed by atoms with Gasteiger partial charge >= 0.3 is 0 Å². The van der Waals surface area contributed by atoms with E-state index in [1.54, 1.807) is 13.8 Å².